The Hall–Kier alpha value is -1.40. The van der Waals surface area contributed by atoms with Gasteiger partial charge in [-0.2, -0.15) is 0 Å². The third-order valence-electron chi connectivity index (χ3n) is 3.12. The van der Waals surface area contributed by atoms with Gasteiger partial charge in [-0.3, -0.25) is 9.69 Å². The van der Waals surface area contributed by atoms with Crippen LogP contribution in [0.5, 0.6) is 0 Å². The van der Waals surface area contributed by atoms with Crippen LogP contribution >= 0.6 is 0 Å². The minimum Gasteiger partial charge on any atom is -0.349 e. The summed E-state index contributed by atoms with van der Waals surface area (Å²) in [7, 11) is 1.75. The monoisotopic (exact) mass is 237 g/mol. The maximum absolute atomic E-state index is 11.9. The number of rotatable bonds is 3. The Morgan fingerprint density at radius 3 is 2.71 bits per heavy atom. The molecule has 2 N–H and O–H groups in total. The number of hydrogen-bond acceptors (Lipinski definition) is 5. The predicted octanol–water partition coefficient (Wildman–Crippen LogP) is -1.14. The molecule has 1 aliphatic heterocycles. The fraction of sp³-hybridized carbons (Fsp3) is 0.636. The highest BCUT2D eigenvalue weighted by molar-refractivity contribution is 5.36. The van der Waals surface area contributed by atoms with E-state index in [0.717, 1.165) is 32.7 Å². The SMILES string of the molecule is Cn1ccnc(N2CCN(CCN)CC2)c1=O. The Kier molecular flexibility index (Phi) is 3.75. The molecule has 1 aromatic heterocycles. The first-order chi connectivity index (χ1) is 8.22. The molecule has 1 aromatic rings. The van der Waals surface area contributed by atoms with E-state index in [4.69, 9.17) is 5.73 Å². The minimum absolute atomic E-state index is 0.0280. The Morgan fingerprint density at radius 2 is 2.06 bits per heavy atom. The lowest BCUT2D eigenvalue weighted by Crippen LogP contribution is -2.49. The number of hydrogen-bond donors (Lipinski definition) is 1. The van der Waals surface area contributed by atoms with Gasteiger partial charge in [0.25, 0.3) is 5.56 Å². The lowest BCUT2D eigenvalue weighted by Gasteiger charge is -2.34. The smallest absolute Gasteiger partial charge is 0.293 e. The van der Waals surface area contributed by atoms with Crippen molar-refractivity contribution in [3.8, 4) is 0 Å². The summed E-state index contributed by atoms with van der Waals surface area (Å²) in [6.45, 7) is 5.17. The topological polar surface area (TPSA) is 67.4 Å². The minimum atomic E-state index is -0.0280. The zero-order valence-electron chi connectivity index (χ0n) is 10.2. The molecular formula is C11H19N5O. The number of nitrogens with two attached hydrogens (primary N) is 1. The molecule has 6 heteroatoms. The van der Waals surface area contributed by atoms with E-state index < -0.39 is 0 Å². The number of nitrogens with zero attached hydrogens (tertiary/aromatic N) is 4. The second-order valence-electron chi connectivity index (χ2n) is 4.28. The van der Waals surface area contributed by atoms with Crippen LogP contribution in [0.1, 0.15) is 0 Å². The maximum atomic E-state index is 11.9. The number of anilines is 1. The van der Waals surface area contributed by atoms with Crippen molar-refractivity contribution in [1.29, 1.82) is 0 Å². The zero-order chi connectivity index (χ0) is 12.3. The van der Waals surface area contributed by atoms with E-state index in [-0.39, 0.29) is 5.56 Å². The van der Waals surface area contributed by atoms with Gasteiger partial charge in [0.15, 0.2) is 5.82 Å². The molecule has 0 radical (unpaired) electrons. The molecule has 0 spiro atoms. The van der Waals surface area contributed by atoms with Crippen molar-refractivity contribution in [3.05, 3.63) is 22.7 Å². The number of piperazine rings is 1. The molecule has 1 fully saturated rings. The maximum Gasteiger partial charge on any atom is 0.293 e. The molecular weight excluding hydrogens is 218 g/mol. The van der Waals surface area contributed by atoms with Gasteiger partial charge in [-0.25, -0.2) is 4.98 Å². The van der Waals surface area contributed by atoms with Gasteiger partial charge < -0.3 is 15.2 Å². The van der Waals surface area contributed by atoms with E-state index in [0.29, 0.717) is 12.4 Å². The predicted molar refractivity (Wildman–Crippen MR) is 67.2 cm³/mol. The van der Waals surface area contributed by atoms with E-state index >= 15 is 0 Å². The molecule has 2 rings (SSSR count). The molecule has 94 valence electrons. The Balaban J connectivity index is 2.06. The molecule has 0 amide bonds. The van der Waals surface area contributed by atoms with Crippen molar-refractivity contribution in [2.45, 2.75) is 0 Å². The summed E-state index contributed by atoms with van der Waals surface area (Å²) < 4.78 is 1.56. The van der Waals surface area contributed by atoms with Crippen molar-refractivity contribution in [2.75, 3.05) is 44.2 Å². The molecule has 0 unspecified atom stereocenters. The molecule has 0 atom stereocenters. The average molecular weight is 237 g/mol. The van der Waals surface area contributed by atoms with Gasteiger partial charge in [-0.15, -0.1) is 0 Å². The molecule has 0 bridgehead atoms. The average Bonchev–Trinajstić information content (AvgIpc) is 2.34. The Bertz CT molecular complexity index is 422. The first-order valence-corrected chi connectivity index (χ1v) is 5.91. The van der Waals surface area contributed by atoms with Gasteiger partial charge in [0.2, 0.25) is 0 Å². The zero-order valence-corrected chi connectivity index (χ0v) is 10.2. The van der Waals surface area contributed by atoms with Crippen LogP contribution in [0.25, 0.3) is 0 Å². The van der Waals surface area contributed by atoms with E-state index in [1.807, 2.05) is 0 Å². The van der Waals surface area contributed by atoms with Crippen LogP contribution in [0.2, 0.25) is 0 Å². The fourth-order valence-corrected chi connectivity index (χ4v) is 2.07. The molecule has 1 aliphatic rings. The van der Waals surface area contributed by atoms with Gasteiger partial charge in [-0.1, -0.05) is 0 Å². The molecule has 2 heterocycles. The third-order valence-corrected chi connectivity index (χ3v) is 3.12. The normalized spacial score (nSPS) is 17.4. The second kappa shape index (κ2) is 5.29. The standard InChI is InChI=1S/C11H19N5O/c1-14-5-3-13-10(11(14)17)16-8-6-15(4-2-12)7-9-16/h3,5H,2,4,6-9,12H2,1H3. The van der Waals surface area contributed by atoms with Crippen molar-refractivity contribution in [2.24, 2.45) is 12.8 Å². The summed E-state index contributed by atoms with van der Waals surface area (Å²) in [6.07, 6.45) is 3.35. The molecule has 0 aliphatic carbocycles. The first-order valence-electron chi connectivity index (χ1n) is 5.91. The lowest BCUT2D eigenvalue weighted by atomic mass is 10.3. The van der Waals surface area contributed by atoms with E-state index in [1.54, 1.807) is 24.0 Å². The number of aromatic nitrogens is 2. The lowest BCUT2D eigenvalue weighted by molar-refractivity contribution is 0.264. The fourth-order valence-electron chi connectivity index (χ4n) is 2.07. The van der Waals surface area contributed by atoms with Crippen molar-refractivity contribution in [1.82, 2.24) is 14.5 Å². The van der Waals surface area contributed by atoms with Crippen LogP contribution in [0, 0.1) is 0 Å². The first kappa shape index (κ1) is 12.1. The molecule has 0 saturated carbocycles. The van der Waals surface area contributed by atoms with Crippen LogP contribution in [-0.4, -0.2) is 53.7 Å². The summed E-state index contributed by atoms with van der Waals surface area (Å²) >= 11 is 0. The highest BCUT2D eigenvalue weighted by Gasteiger charge is 2.19. The van der Waals surface area contributed by atoms with Gasteiger partial charge in [0, 0.05) is 58.7 Å². The van der Waals surface area contributed by atoms with Crippen molar-refractivity contribution >= 4 is 5.82 Å². The second-order valence-corrected chi connectivity index (χ2v) is 4.28. The Labute approximate surface area is 101 Å². The van der Waals surface area contributed by atoms with E-state index in [2.05, 4.69) is 14.8 Å². The molecule has 6 nitrogen and oxygen atoms in total. The molecule has 0 aromatic carbocycles. The molecule has 1 saturated heterocycles. The quantitative estimate of drug-likeness (QED) is 0.720. The van der Waals surface area contributed by atoms with Gasteiger partial charge in [-0.05, 0) is 0 Å². The van der Waals surface area contributed by atoms with Crippen LogP contribution in [0.15, 0.2) is 17.2 Å². The summed E-state index contributed by atoms with van der Waals surface area (Å²) in [5.41, 5.74) is 5.50. The Morgan fingerprint density at radius 1 is 1.35 bits per heavy atom. The molecule has 17 heavy (non-hydrogen) atoms. The summed E-state index contributed by atoms with van der Waals surface area (Å²) in [5.74, 6) is 0.558. The van der Waals surface area contributed by atoms with Crippen LogP contribution < -0.4 is 16.2 Å². The summed E-state index contributed by atoms with van der Waals surface area (Å²) in [6, 6.07) is 0. The van der Waals surface area contributed by atoms with E-state index in [1.165, 1.54) is 0 Å². The van der Waals surface area contributed by atoms with Crippen LogP contribution in [0.3, 0.4) is 0 Å². The highest BCUT2D eigenvalue weighted by Crippen LogP contribution is 2.07. The largest absolute Gasteiger partial charge is 0.349 e. The van der Waals surface area contributed by atoms with Gasteiger partial charge >= 0.3 is 0 Å². The summed E-state index contributed by atoms with van der Waals surface area (Å²) in [5, 5.41) is 0. The van der Waals surface area contributed by atoms with Crippen molar-refractivity contribution < 1.29 is 0 Å². The van der Waals surface area contributed by atoms with Crippen LogP contribution in [-0.2, 0) is 7.05 Å². The van der Waals surface area contributed by atoms with Gasteiger partial charge in [0.1, 0.15) is 0 Å². The third kappa shape index (κ3) is 2.65. The van der Waals surface area contributed by atoms with Crippen LogP contribution in [0.4, 0.5) is 5.82 Å². The van der Waals surface area contributed by atoms with Crippen molar-refractivity contribution in [3.63, 3.8) is 0 Å². The number of aryl methyl sites for hydroxylation is 1. The van der Waals surface area contributed by atoms with E-state index in [9.17, 15) is 4.79 Å². The summed E-state index contributed by atoms with van der Waals surface area (Å²) in [4.78, 5) is 20.4. The van der Waals surface area contributed by atoms with Gasteiger partial charge in [0.05, 0.1) is 0 Å². The highest BCUT2D eigenvalue weighted by atomic mass is 16.1.